The number of hydrogen-bond acceptors (Lipinski definition) is 7. The predicted molar refractivity (Wildman–Crippen MR) is 124 cm³/mol. The number of hydrazone groups is 1. The number of carbonyl (C=O) groups excluding carboxylic acids is 2. The molecular weight excluding hydrogens is 494 g/mol. The summed E-state index contributed by atoms with van der Waals surface area (Å²) in [6.45, 7) is 1.53. The molecule has 0 saturated heterocycles. The van der Waals surface area contributed by atoms with Gasteiger partial charge in [0.2, 0.25) is 0 Å². The summed E-state index contributed by atoms with van der Waals surface area (Å²) in [6.07, 6.45) is 0.555. The van der Waals surface area contributed by atoms with Gasteiger partial charge < -0.3 is 9.47 Å². The van der Waals surface area contributed by atoms with Crippen molar-refractivity contribution in [2.75, 3.05) is 0 Å². The molecule has 0 spiro atoms. The van der Waals surface area contributed by atoms with Crippen molar-refractivity contribution in [3.05, 3.63) is 98.5 Å². The van der Waals surface area contributed by atoms with Crippen LogP contribution < -0.4 is 14.9 Å². The number of halogens is 1. The molecule has 9 nitrogen and oxygen atoms in total. The molecule has 1 N–H and O–H groups in total. The number of ether oxygens (including phenoxy) is 2. The van der Waals surface area contributed by atoms with Gasteiger partial charge in [0.1, 0.15) is 11.5 Å². The lowest BCUT2D eigenvalue weighted by atomic mass is 10.2. The summed E-state index contributed by atoms with van der Waals surface area (Å²) in [5.41, 5.74) is 3.38. The molecule has 33 heavy (non-hydrogen) atoms. The zero-order valence-electron chi connectivity index (χ0n) is 17.3. The Kier molecular flexibility index (Phi) is 7.87. The van der Waals surface area contributed by atoms with E-state index in [4.69, 9.17) is 9.47 Å². The molecule has 3 aromatic carbocycles. The lowest BCUT2D eigenvalue weighted by molar-refractivity contribution is -0.384. The quantitative estimate of drug-likeness (QED) is 0.156. The first kappa shape index (κ1) is 23.6. The molecular formula is C23H18BrN3O6. The first-order valence-corrected chi connectivity index (χ1v) is 10.4. The van der Waals surface area contributed by atoms with Crippen molar-refractivity contribution in [1.29, 1.82) is 0 Å². The molecule has 1 atom stereocenters. The smallest absolute Gasteiger partial charge is 0.343 e. The predicted octanol–water partition coefficient (Wildman–Crippen LogP) is 4.49. The molecule has 0 aromatic heterocycles. The second-order valence-corrected chi connectivity index (χ2v) is 7.63. The zero-order valence-corrected chi connectivity index (χ0v) is 18.9. The maximum atomic E-state index is 12.2. The maximum absolute atomic E-state index is 12.2. The molecule has 0 saturated carbocycles. The number of nitro benzene ring substituents is 1. The first-order valence-electron chi connectivity index (χ1n) is 9.63. The molecule has 0 heterocycles. The summed E-state index contributed by atoms with van der Waals surface area (Å²) in [6, 6.07) is 18.9. The van der Waals surface area contributed by atoms with Crippen molar-refractivity contribution in [3.8, 4) is 11.5 Å². The van der Waals surface area contributed by atoms with E-state index in [0.717, 1.165) is 4.47 Å². The van der Waals surface area contributed by atoms with Crippen LogP contribution in [-0.2, 0) is 4.79 Å². The van der Waals surface area contributed by atoms with Crippen LogP contribution in [0.5, 0.6) is 11.5 Å². The van der Waals surface area contributed by atoms with Crippen LogP contribution in [0, 0.1) is 10.1 Å². The highest BCUT2D eigenvalue weighted by molar-refractivity contribution is 9.10. The summed E-state index contributed by atoms with van der Waals surface area (Å²) in [7, 11) is 0. The minimum atomic E-state index is -0.872. The van der Waals surface area contributed by atoms with Crippen molar-refractivity contribution in [2.24, 2.45) is 5.10 Å². The van der Waals surface area contributed by atoms with Crippen LogP contribution in [0.25, 0.3) is 0 Å². The van der Waals surface area contributed by atoms with E-state index in [2.05, 4.69) is 26.5 Å². The fourth-order valence-electron chi connectivity index (χ4n) is 2.57. The Morgan fingerprint density at radius 1 is 1.06 bits per heavy atom. The lowest BCUT2D eigenvalue weighted by Crippen LogP contribution is -2.33. The van der Waals surface area contributed by atoms with E-state index < -0.39 is 22.9 Å². The van der Waals surface area contributed by atoms with Gasteiger partial charge in [0.05, 0.1) is 16.7 Å². The zero-order chi connectivity index (χ0) is 23.8. The standard InChI is InChI=1S/C23H18BrN3O6/c1-15(32-20-11-7-19(8-12-20)27(30)31)22(28)26-25-14-16-5-9-21(10-6-16)33-23(29)17-3-2-4-18(24)13-17/h2-15H,1H3,(H,26,28)/b25-14-/t15-/m1/s1. The van der Waals surface area contributed by atoms with Gasteiger partial charge in [-0.25, -0.2) is 10.2 Å². The van der Waals surface area contributed by atoms with Crippen LogP contribution >= 0.6 is 15.9 Å². The Bertz CT molecular complexity index is 1180. The lowest BCUT2D eigenvalue weighted by Gasteiger charge is -2.12. The van der Waals surface area contributed by atoms with Crippen LogP contribution in [0.4, 0.5) is 5.69 Å². The van der Waals surface area contributed by atoms with Crippen molar-refractivity contribution in [1.82, 2.24) is 5.43 Å². The molecule has 0 aliphatic carbocycles. The first-order chi connectivity index (χ1) is 15.8. The van der Waals surface area contributed by atoms with E-state index >= 15 is 0 Å². The van der Waals surface area contributed by atoms with Gasteiger partial charge in [0, 0.05) is 16.6 Å². The summed E-state index contributed by atoms with van der Waals surface area (Å²) >= 11 is 3.31. The van der Waals surface area contributed by atoms with Gasteiger partial charge in [-0.15, -0.1) is 0 Å². The fraction of sp³-hybridized carbons (Fsp3) is 0.0870. The number of rotatable bonds is 8. The third-order valence-electron chi connectivity index (χ3n) is 4.27. The molecule has 0 aliphatic heterocycles. The van der Waals surface area contributed by atoms with E-state index in [1.165, 1.54) is 37.4 Å². The van der Waals surface area contributed by atoms with E-state index in [0.29, 0.717) is 22.6 Å². The van der Waals surface area contributed by atoms with Gasteiger partial charge in [-0.3, -0.25) is 14.9 Å². The molecule has 168 valence electrons. The Labute approximate surface area is 197 Å². The molecule has 0 fully saturated rings. The second kappa shape index (κ2) is 11.0. The van der Waals surface area contributed by atoms with Crippen molar-refractivity contribution in [3.63, 3.8) is 0 Å². The maximum Gasteiger partial charge on any atom is 0.343 e. The van der Waals surface area contributed by atoms with E-state index in [1.807, 2.05) is 6.07 Å². The molecule has 1 amide bonds. The highest BCUT2D eigenvalue weighted by Crippen LogP contribution is 2.19. The van der Waals surface area contributed by atoms with Crippen LogP contribution in [0.15, 0.2) is 82.4 Å². The molecule has 0 bridgehead atoms. The van der Waals surface area contributed by atoms with Crippen molar-refractivity contribution >= 4 is 39.7 Å². The number of carbonyl (C=O) groups is 2. The van der Waals surface area contributed by atoms with Crippen LogP contribution in [0.3, 0.4) is 0 Å². The Morgan fingerprint density at radius 2 is 1.73 bits per heavy atom. The summed E-state index contributed by atoms with van der Waals surface area (Å²) in [4.78, 5) is 34.5. The van der Waals surface area contributed by atoms with Crippen LogP contribution in [0.2, 0.25) is 0 Å². The average molecular weight is 512 g/mol. The number of non-ortho nitro benzene ring substituents is 1. The number of nitrogens with one attached hydrogen (secondary N) is 1. The fourth-order valence-corrected chi connectivity index (χ4v) is 2.97. The van der Waals surface area contributed by atoms with Gasteiger partial charge in [-0.05, 0) is 67.1 Å². The number of nitro groups is 1. The summed E-state index contributed by atoms with van der Waals surface area (Å²) < 4.78 is 11.6. The minimum Gasteiger partial charge on any atom is -0.481 e. The van der Waals surface area contributed by atoms with E-state index in [-0.39, 0.29) is 5.69 Å². The SMILES string of the molecule is C[C@@H](Oc1ccc([N+](=O)[O-])cc1)C(=O)N/N=C\c1ccc(OC(=O)c2cccc(Br)c2)cc1. The average Bonchev–Trinajstić information content (AvgIpc) is 2.80. The molecule has 3 rings (SSSR count). The number of esters is 1. The normalized spacial score (nSPS) is 11.6. The molecule has 0 aliphatic rings. The topological polar surface area (TPSA) is 120 Å². The van der Waals surface area contributed by atoms with E-state index in [1.54, 1.807) is 42.5 Å². The molecule has 0 unspecified atom stereocenters. The number of benzene rings is 3. The van der Waals surface area contributed by atoms with Crippen LogP contribution in [0.1, 0.15) is 22.8 Å². The minimum absolute atomic E-state index is 0.0713. The molecule has 10 heteroatoms. The Balaban J connectivity index is 1.49. The van der Waals surface area contributed by atoms with Crippen molar-refractivity contribution < 1.29 is 24.0 Å². The largest absolute Gasteiger partial charge is 0.481 e. The number of amides is 1. The van der Waals surface area contributed by atoms with Gasteiger partial charge in [-0.2, -0.15) is 5.10 Å². The van der Waals surface area contributed by atoms with Gasteiger partial charge in [0.15, 0.2) is 6.10 Å². The monoisotopic (exact) mass is 511 g/mol. The van der Waals surface area contributed by atoms with Crippen molar-refractivity contribution in [2.45, 2.75) is 13.0 Å². The van der Waals surface area contributed by atoms with Gasteiger partial charge in [0.25, 0.3) is 11.6 Å². The van der Waals surface area contributed by atoms with Crippen LogP contribution in [-0.4, -0.2) is 29.1 Å². The Morgan fingerprint density at radius 3 is 2.36 bits per heavy atom. The summed E-state index contributed by atoms with van der Waals surface area (Å²) in [5.74, 6) is -0.289. The van der Waals surface area contributed by atoms with Gasteiger partial charge >= 0.3 is 5.97 Å². The molecule has 3 aromatic rings. The third kappa shape index (κ3) is 6.97. The highest BCUT2D eigenvalue weighted by atomic mass is 79.9. The number of nitrogens with zero attached hydrogens (tertiary/aromatic N) is 2. The molecule has 0 radical (unpaired) electrons. The van der Waals surface area contributed by atoms with E-state index in [9.17, 15) is 19.7 Å². The van der Waals surface area contributed by atoms with Gasteiger partial charge in [-0.1, -0.05) is 22.0 Å². The summed E-state index contributed by atoms with van der Waals surface area (Å²) in [5, 5.41) is 14.6. The third-order valence-corrected chi connectivity index (χ3v) is 4.76. The second-order valence-electron chi connectivity index (χ2n) is 6.71. The highest BCUT2D eigenvalue weighted by Gasteiger charge is 2.15. The number of hydrogen-bond donors (Lipinski definition) is 1. The Hall–Kier alpha value is -4.05.